The molecule has 0 spiro atoms. The Morgan fingerprint density at radius 2 is 1.81 bits per heavy atom. The second kappa shape index (κ2) is 7.06. The summed E-state index contributed by atoms with van der Waals surface area (Å²) in [6.45, 7) is 0. The van der Waals surface area contributed by atoms with Gasteiger partial charge in [0, 0.05) is 21.0 Å². The van der Waals surface area contributed by atoms with E-state index in [0.717, 1.165) is 16.0 Å². The summed E-state index contributed by atoms with van der Waals surface area (Å²) in [5.41, 5.74) is 2.06. The number of nitrogens with zero attached hydrogens (tertiary/aromatic N) is 1. The summed E-state index contributed by atoms with van der Waals surface area (Å²) >= 11 is 7.66. The van der Waals surface area contributed by atoms with Gasteiger partial charge in [-0.05, 0) is 30.3 Å². The van der Waals surface area contributed by atoms with Gasteiger partial charge in [-0.25, -0.2) is 4.98 Å². The first kappa shape index (κ1) is 17.6. The van der Waals surface area contributed by atoms with E-state index < -0.39 is 0 Å². The largest absolute Gasteiger partial charge is 0.493 e. The van der Waals surface area contributed by atoms with Crippen molar-refractivity contribution in [2.45, 2.75) is 0 Å². The maximum Gasteiger partial charge on any atom is 0.269 e. The standard InChI is InChI=1S/C20H15ClN2O3S/c1-25-15-8-7-11(9-16(15)26-2)19-22-14-10-17(27-18(14)20(24)23-19)12-5-3-4-6-13(12)21/h3-10H,1-2H3,(H,22,23,24). The zero-order valence-electron chi connectivity index (χ0n) is 14.6. The Hall–Kier alpha value is -2.83. The van der Waals surface area contributed by atoms with Crippen molar-refractivity contribution in [3.8, 4) is 33.3 Å². The molecule has 2 aromatic heterocycles. The second-order valence-corrected chi connectivity index (χ2v) is 7.25. The van der Waals surface area contributed by atoms with Crippen molar-refractivity contribution < 1.29 is 9.47 Å². The van der Waals surface area contributed by atoms with Gasteiger partial charge in [0.05, 0.1) is 19.7 Å². The molecule has 4 rings (SSSR count). The normalized spacial score (nSPS) is 10.9. The summed E-state index contributed by atoms with van der Waals surface area (Å²) in [5.74, 6) is 1.65. The molecule has 0 unspecified atom stereocenters. The number of H-pyrrole nitrogens is 1. The zero-order valence-corrected chi connectivity index (χ0v) is 16.1. The van der Waals surface area contributed by atoms with Crippen molar-refractivity contribution >= 4 is 33.2 Å². The van der Waals surface area contributed by atoms with Gasteiger partial charge in [-0.1, -0.05) is 29.8 Å². The van der Waals surface area contributed by atoms with E-state index in [9.17, 15) is 4.79 Å². The molecule has 1 N–H and O–H groups in total. The number of benzene rings is 2. The third-order valence-electron chi connectivity index (χ3n) is 4.18. The molecule has 4 aromatic rings. The Bertz CT molecular complexity index is 1200. The lowest BCUT2D eigenvalue weighted by molar-refractivity contribution is 0.355. The number of aromatic amines is 1. The predicted octanol–water partition coefficient (Wildman–Crippen LogP) is 4.99. The van der Waals surface area contributed by atoms with Gasteiger partial charge in [0.2, 0.25) is 0 Å². The van der Waals surface area contributed by atoms with Gasteiger partial charge in [-0.15, -0.1) is 11.3 Å². The van der Waals surface area contributed by atoms with E-state index in [4.69, 9.17) is 21.1 Å². The van der Waals surface area contributed by atoms with Crippen LogP contribution in [0.2, 0.25) is 5.02 Å². The summed E-state index contributed by atoms with van der Waals surface area (Å²) < 4.78 is 11.2. The Morgan fingerprint density at radius 1 is 1.04 bits per heavy atom. The average molecular weight is 399 g/mol. The summed E-state index contributed by atoms with van der Waals surface area (Å²) in [6, 6.07) is 14.8. The fourth-order valence-electron chi connectivity index (χ4n) is 2.85. The molecule has 0 saturated carbocycles. The van der Waals surface area contributed by atoms with Crippen LogP contribution in [0.25, 0.3) is 32.0 Å². The molecule has 5 nitrogen and oxygen atoms in total. The minimum atomic E-state index is -0.187. The molecule has 0 fully saturated rings. The third-order valence-corrected chi connectivity index (χ3v) is 5.67. The molecule has 136 valence electrons. The Morgan fingerprint density at radius 3 is 2.56 bits per heavy atom. The first-order valence-electron chi connectivity index (χ1n) is 8.12. The minimum Gasteiger partial charge on any atom is -0.493 e. The van der Waals surface area contributed by atoms with Crippen LogP contribution in [0.3, 0.4) is 0 Å². The Balaban J connectivity index is 1.85. The van der Waals surface area contributed by atoms with Crippen molar-refractivity contribution in [1.29, 1.82) is 0 Å². The molecule has 2 aromatic carbocycles. The van der Waals surface area contributed by atoms with Crippen molar-refractivity contribution in [2.75, 3.05) is 14.2 Å². The van der Waals surface area contributed by atoms with E-state index in [2.05, 4.69) is 9.97 Å². The van der Waals surface area contributed by atoms with E-state index in [1.165, 1.54) is 11.3 Å². The minimum absolute atomic E-state index is 0.187. The van der Waals surface area contributed by atoms with Crippen LogP contribution in [-0.2, 0) is 0 Å². The number of hydrogen-bond acceptors (Lipinski definition) is 5. The smallest absolute Gasteiger partial charge is 0.269 e. The van der Waals surface area contributed by atoms with Gasteiger partial charge in [0.1, 0.15) is 10.5 Å². The van der Waals surface area contributed by atoms with Crippen molar-refractivity contribution in [3.63, 3.8) is 0 Å². The first-order valence-corrected chi connectivity index (χ1v) is 9.31. The number of methoxy groups -OCH3 is 2. The van der Waals surface area contributed by atoms with Gasteiger partial charge < -0.3 is 14.5 Å². The van der Waals surface area contributed by atoms with Crippen LogP contribution in [0.4, 0.5) is 0 Å². The van der Waals surface area contributed by atoms with E-state index in [1.54, 1.807) is 26.4 Å². The van der Waals surface area contributed by atoms with Crippen molar-refractivity contribution in [3.05, 3.63) is 63.9 Å². The number of rotatable bonds is 4. The van der Waals surface area contributed by atoms with Gasteiger partial charge in [-0.2, -0.15) is 0 Å². The van der Waals surface area contributed by atoms with Gasteiger partial charge in [0.25, 0.3) is 5.56 Å². The number of nitrogens with one attached hydrogen (secondary N) is 1. The molecule has 2 heterocycles. The predicted molar refractivity (Wildman–Crippen MR) is 109 cm³/mol. The molecule has 0 aliphatic rings. The van der Waals surface area contributed by atoms with Crippen LogP contribution in [0, 0.1) is 0 Å². The van der Waals surface area contributed by atoms with Gasteiger partial charge >= 0.3 is 0 Å². The summed E-state index contributed by atoms with van der Waals surface area (Å²) in [6.07, 6.45) is 0. The van der Waals surface area contributed by atoms with Gasteiger partial charge in [-0.3, -0.25) is 4.79 Å². The molecule has 7 heteroatoms. The maximum atomic E-state index is 12.6. The highest BCUT2D eigenvalue weighted by Crippen LogP contribution is 2.36. The van der Waals surface area contributed by atoms with E-state index in [-0.39, 0.29) is 5.56 Å². The molecule has 0 saturated heterocycles. The third kappa shape index (κ3) is 3.18. The van der Waals surface area contributed by atoms with Crippen LogP contribution in [0.1, 0.15) is 0 Å². The molecule has 0 radical (unpaired) electrons. The number of hydrogen-bond donors (Lipinski definition) is 1. The highest BCUT2D eigenvalue weighted by molar-refractivity contribution is 7.22. The molecule has 0 aliphatic heterocycles. The number of thiophene rings is 1. The van der Waals surface area contributed by atoms with Crippen LogP contribution in [-0.4, -0.2) is 24.2 Å². The van der Waals surface area contributed by atoms with Crippen LogP contribution in [0.15, 0.2) is 53.3 Å². The summed E-state index contributed by atoms with van der Waals surface area (Å²) in [5, 5.41) is 0.639. The highest BCUT2D eigenvalue weighted by Gasteiger charge is 2.14. The molecular weight excluding hydrogens is 384 g/mol. The van der Waals surface area contributed by atoms with E-state index in [0.29, 0.717) is 32.6 Å². The van der Waals surface area contributed by atoms with E-state index in [1.807, 2.05) is 36.4 Å². The maximum absolute atomic E-state index is 12.6. The number of aromatic nitrogens is 2. The molecule has 0 bridgehead atoms. The van der Waals surface area contributed by atoms with Crippen LogP contribution < -0.4 is 15.0 Å². The first-order chi connectivity index (χ1) is 13.1. The Kier molecular flexibility index (Phi) is 4.59. The van der Waals surface area contributed by atoms with Crippen LogP contribution in [0.5, 0.6) is 11.5 Å². The lowest BCUT2D eigenvalue weighted by Gasteiger charge is -2.09. The summed E-state index contributed by atoms with van der Waals surface area (Å²) in [7, 11) is 3.14. The monoisotopic (exact) mass is 398 g/mol. The lowest BCUT2D eigenvalue weighted by atomic mass is 10.1. The molecular formula is C20H15ClN2O3S. The topological polar surface area (TPSA) is 64.2 Å². The number of halogens is 1. The fraction of sp³-hybridized carbons (Fsp3) is 0.100. The quantitative estimate of drug-likeness (QED) is 0.526. The highest BCUT2D eigenvalue weighted by atomic mass is 35.5. The fourth-order valence-corrected chi connectivity index (χ4v) is 4.18. The molecule has 0 aliphatic carbocycles. The number of fused-ring (bicyclic) bond motifs is 1. The SMILES string of the molecule is COc1ccc(-c2nc3cc(-c4ccccc4Cl)sc3c(=O)[nH]2)cc1OC. The molecule has 27 heavy (non-hydrogen) atoms. The average Bonchev–Trinajstić information content (AvgIpc) is 3.12. The Labute approximate surface area is 164 Å². The molecule has 0 amide bonds. The lowest BCUT2D eigenvalue weighted by Crippen LogP contribution is -2.07. The van der Waals surface area contributed by atoms with E-state index >= 15 is 0 Å². The zero-order chi connectivity index (χ0) is 19.0. The van der Waals surface area contributed by atoms with Crippen LogP contribution >= 0.6 is 22.9 Å². The molecule has 0 atom stereocenters. The van der Waals surface area contributed by atoms with Gasteiger partial charge in [0.15, 0.2) is 11.5 Å². The van der Waals surface area contributed by atoms with Crippen molar-refractivity contribution in [2.24, 2.45) is 0 Å². The second-order valence-electron chi connectivity index (χ2n) is 5.79. The number of ether oxygens (including phenoxy) is 2. The summed E-state index contributed by atoms with van der Waals surface area (Å²) in [4.78, 5) is 21.0. The van der Waals surface area contributed by atoms with Crippen molar-refractivity contribution in [1.82, 2.24) is 9.97 Å².